The molecule has 10 heteroatoms. The third-order valence-electron chi connectivity index (χ3n) is 5.14. The fraction of sp³-hybridized carbons (Fsp3) is 0.704. The largest absolute Gasteiger partial charge is 0.472 e. The molecule has 0 saturated carbocycles. The lowest BCUT2D eigenvalue weighted by Gasteiger charge is -2.34. The van der Waals surface area contributed by atoms with Gasteiger partial charge in [0.1, 0.15) is 5.56 Å². The zero-order chi connectivity index (χ0) is 28.4. The SMILES string of the molecule is C#CCCCCC#Cc1cn(C(C)CC(OC(C)(C)C)C(C)COP(=O)(O)OC(C)(C)C)c(=O)[nH]c1=O. The number of phosphoric ester groups is 1. The van der Waals surface area contributed by atoms with Gasteiger partial charge in [0, 0.05) is 31.0 Å². The van der Waals surface area contributed by atoms with Crippen LogP contribution in [0.2, 0.25) is 0 Å². The lowest BCUT2D eigenvalue weighted by atomic mass is 9.97. The van der Waals surface area contributed by atoms with Crippen LogP contribution in [-0.4, -0.2) is 38.4 Å². The van der Waals surface area contributed by atoms with E-state index in [1.807, 2.05) is 34.6 Å². The summed E-state index contributed by atoms with van der Waals surface area (Å²) in [4.78, 5) is 37.3. The number of rotatable bonds is 12. The molecule has 1 aromatic heterocycles. The first-order valence-electron chi connectivity index (χ1n) is 12.6. The van der Waals surface area contributed by atoms with Gasteiger partial charge in [0.15, 0.2) is 0 Å². The molecule has 1 heterocycles. The van der Waals surface area contributed by atoms with E-state index in [1.165, 1.54) is 10.8 Å². The van der Waals surface area contributed by atoms with E-state index < -0.39 is 36.4 Å². The summed E-state index contributed by atoms with van der Waals surface area (Å²) in [5.41, 5.74) is -2.25. The van der Waals surface area contributed by atoms with Crippen LogP contribution in [0.5, 0.6) is 0 Å². The second-order valence-corrected chi connectivity index (χ2v) is 12.6. The molecule has 1 aromatic rings. The van der Waals surface area contributed by atoms with Crippen LogP contribution in [0, 0.1) is 30.1 Å². The van der Waals surface area contributed by atoms with E-state index in [0.717, 1.165) is 12.8 Å². The van der Waals surface area contributed by atoms with Gasteiger partial charge in [0.25, 0.3) is 5.56 Å². The summed E-state index contributed by atoms with van der Waals surface area (Å²) in [5, 5.41) is 0. The van der Waals surface area contributed by atoms with Gasteiger partial charge in [-0.25, -0.2) is 9.36 Å². The van der Waals surface area contributed by atoms with Gasteiger partial charge < -0.3 is 9.63 Å². The predicted molar refractivity (Wildman–Crippen MR) is 145 cm³/mol. The van der Waals surface area contributed by atoms with Gasteiger partial charge in [-0.05, 0) is 67.7 Å². The molecule has 4 unspecified atom stereocenters. The minimum absolute atomic E-state index is 0.0890. The Morgan fingerprint density at radius 2 is 1.73 bits per heavy atom. The summed E-state index contributed by atoms with van der Waals surface area (Å²) in [5.74, 6) is 8.09. The number of aromatic nitrogens is 2. The van der Waals surface area contributed by atoms with Crippen molar-refractivity contribution in [3.63, 3.8) is 0 Å². The molecule has 37 heavy (non-hydrogen) atoms. The van der Waals surface area contributed by atoms with E-state index in [4.69, 9.17) is 20.2 Å². The Morgan fingerprint density at radius 1 is 1.11 bits per heavy atom. The second-order valence-electron chi connectivity index (χ2n) is 11.2. The Balaban J connectivity index is 3.07. The minimum Gasteiger partial charge on any atom is -0.372 e. The topological polar surface area (TPSA) is 120 Å². The number of nitrogens with one attached hydrogen (secondary N) is 1. The third-order valence-corrected chi connectivity index (χ3v) is 6.40. The quantitative estimate of drug-likeness (QED) is 0.223. The molecule has 0 radical (unpaired) electrons. The van der Waals surface area contributed by atoms with Crippen molar-refractivity contribution in [2.24, 2.45) is 5.92 Å². The van der Waals surface area contributed by atoms with Gasteiger partial charge >= 0.3 is 13.5 Å². The number of aromatic amines is 1. The molecule has 9 nitrogen and oxygen atoms in total. The number of hydrogen-bond acceptors (Lipinski definition) is 6. The molecular weight excluding hydrogens is 495 g/mol. The Hall–Kier alpha value is -2.13. The molecule has 1 rings (SSSR count). The average Bonchev–Trinajstić information content (AvgIpc) is 2.72. The third kappa shape index (κ3) is 13.3. The van der Waals surface area contributed by atoms with Crippen LogP contribution in [0.4, 0.5) is 0 Å². The maximum absolute atomic E-state index is 12.6. The molecule has 0 aromatic carbocycles. The highest BCUT2D eigenvalue weighted by Crippen LogP contribution is 2.47. The zero-order valence-corrected chi connectivity index (χ0v) is 24.3. The number of nitrogens with zero attached hydrogens (tertiary/aromatic N) is 1. The summed E-state index contributed by atoms with van der Waals surface area (Å²) in [6.45, 7) is 14.3. The van der Waals surface area contributed by atoms with Crippen molar-refractivity contribution in [1.29, 1.82) is 0 Å². The van der Waals surface area contributed by atoms with Gasteiger partial charge in [0.05, 0.1) is 23.9 Å². The van der Waals surface area contributed by atoms with E-state index in [2.05, 4.69) is 22.7 Å². The predicted octanol–water partition coefficient (Wildman–Crippen LogP) is 4.78. The first-order valence-corrected chi connectivity index (χ1v) is 14.1. The average molecular weight is 539 g/mol. The molecule has 0 fully saturated rings. The fourth-order valence-corrected chi connectivity index (χ4v) is 4.66. The summed E-state index contributed by atoms with van der Waals surface area (Å²) in [7, 11) is -4.27. The van der Waals surface area contributed by atoms with Crippen molar-refractivity contribution in [3.8, 4) is 24.2 Å². The van der Waals surface area contributed by atoms with Crippen molar-refractivity contribution in [3.05, 3.63) is 32.6 Å². The van der Waals surface area contributed by atoms with Crippen LogP contribution in [-0.2, 0) is 18.3 Å². The van der Waals surface area contributed by atoms with Gasteiger partial charge in [-0.3, -0.25) is 23.4 Å². The fourth-order valence-electron chi connectivity index (χ4n) is 3.49. The number of unbranched alkanes of at least 4 members (excludes halogenated alkanes) is 3. The number of ether oxygens (including phenoxy) is 1. The number of phosphoric acid groups is 1. The monoisotopic (exact) mass is 538 g/mol. The van der Waals surface area contributed by atoms with Crippen molar-refractivity contribution in [2.75, 3.05) is 6.61 Å². The first kappa shape index (κ1) is 32.9. The van der Waals surface area contributed by atoms with Crippen molar-refractivity contribution in [2.45, 2.75) is 111 Å². The maximum Gasteiger partial charge on any atom is 0.472 e. The highest BCUT2D eigenvalue weighted by Gasteiger charge is 2.32. The van der Waals surface area contributed by atoms with Gasteiger partial charge in [-0.15, -0.1) is 12.3 Å². The van der Waals surface area contributed by atoms with Gasteiger partial charge in [0.2, 0.25) is 0 Å². The molecule has 4 atom stereocenters. The standard InChI is InChI=1S/C27H43N2O7P/c1-10-11-12-13-14-15-16-22-18-29(25(31)28-24(22)30)21(3)17-23(35-26(4,5)6)20(2)19-34-37(32,33)36-27(7,8)9/h1,18,20-21,23H,11-14,17,19H2,2-9H3,(H,32,33)(H,28,30,31). The van der Waals surface area contributed by atoms with Crippen LogP contribution in [0.25, 0.3) is 0 Å². The lowest BCUT2D eigenvalue weighted by Crippen LogP contribution is -2.38. The Kier molecular flexibility index (Phi) is 12.6. The molecule has 0 aliphatic heterocycles. The van der Waals surface area contributed by atoms with Crippen molar-refractivity contribution >= 4 is 7.82 Å². The van der Waals surface area contributed by atoms with E-state index in [9.17, 15) is 19.0 Å². The Bertz CT molecular complexity index is 1140. The minimum atomic E-state index is -4.27. The molecule has 0 aliphatic rings. The molecule has 0 spiro atoms. The summed E-state index contributed by atoms with van der Waals surface area (Å²) >= 11 is 0. The zero-order valence-electron chi connectivity index (χ0n) is 23.4. The molecule has 0 saturated heterocycles. The van der Waals surface area contributed by atoms with Crippen LogP contribution >= 0.6 is 7.82 Å². The molecule has 2 N–H and O–H groups in total. The van der Waals surface area contributed by atoms with E-state index in [-0.39, 0.29) is 24.1 Å². The van der Waals surface area contributed by atoms with E-state index >= 15 is 0 Å². The summed E-state index contributed by atoms with van der Waals surface area (Å²) in [6, 6.07) is -0.373. The first-order chi connectivity index (χ1) is 16.9. The van der Waals surface area contributed by atoms with Gasteiger partial charge in [-0.2, -0.15) is 0 Å². The molecule has 0 bridgehead atoms. The summed E-state index contributed by atoms with van der Waals surface area (Å²) < 4.78 is 30.4. The maximum atomic E-state index is 12.6. The summed E-state index contributed by atoms with van der Waals surface area (Å²) in [6.07, 6.45) is 9.64. The smallest absolute Gasteiger partial charge is 0.372 e. The molecule has 208 valence electrons. The normalized spacial score (nSPS) is 16.1. The van der Waals surface area contributed by atoms with Crippen LogP contribution < -0.4 is 11.2 Å². The highest BCUT2D eigenvalue weighted by molar-refractivity contribution is 7.47. The second kappa shape index (κ2) is 14.1. The van der Waals surface area contributed by atoms with Gasteiger partial charge in [-0.1, -0.05) is 18.8 Å². The Labute approximate surface area is 220 Å². The number of terminal acetylenes is 1. The van der Waals surface area contributed by atoms with E-state index in [0.29, 0.717) is 19.3 Å². The molecule has 0 amide bonds. The number of hydrogen-bond donors (Lipinski definition) is 2. The lowest BCUT2D eigenvalue weighted by molar-refractivity contribution is -0.0971. The van der Waals surface area contributed by atoms with Crippen LogP contribution in [0.3, 0.4) is 0 Å². The van der Waals surface area contributed by atoms with Crippen molar-refractivity contribution in [1.82, 2.24) is 9.55 Å². The van der Waals surface area contributed by atoms with E-state index in [1.54, 1.807) is 20.8 Å². The number of H-pyrrole nitrogens is 1. The molecular formula is C27H43N2O7P. The highest BCUT2D eigenvalue weighted by atomic mass is 31.2. The van der Waals surface area contributed by atoms with Crippen molar-refractivity contribution < 1.29 is 23.2 Å². The van der Waals surface area contributed by atoms with Crippen LogP contribution in [0.1, 0.15) is 99.1 Å². The molecule has 0 aliphatic carbocycles. The Morgan fingerprint density at radius 3 is 2.30 bits per heavy atom. The van der Waals surface area contributed by atoms with Crippen LogP contribution in [0.15, 0.2) is 15.8 Å².